The molecule has 2 rings (SSSR count). The largest absolute Gasteiger partial charge is 0.329 e. The quantitative estimate of drug-likeness (QED) is 0.836. The van der Waals surface area contributed by atoms with Crippen LogP contribution in [0.4, 0.5) is 0 Å². The van der Waals surface area contributed by atoms with E-state index in [-0.39, 0.29) is 0 Å². The normalized spacial score (nSPS) is 42.7. The molecule has 3 atom stereocenters. The van der Waals surface area contributed by atoms with Crippen molar-refractivity contribution in [1.29, 1.82) is 0 Å². The summed E-state index contributed by atoms with van der Waals surface area (Å²) >= 11 is 0. The standard InChI is InChI=1S/C16H32N2/c1-12(2)15-5-6-18(10-15)16(11-17)8-13(3)7-14(4)9-16/h12-15H,5-11,17H2,1-4H3. The highest BCUT2D eigenvalue weighted by molar-refractivity contribution is 5.00. The zero-order valence-electron chi connectivity index (χ0n) is 12.8. The molecule has 2 nitrogen and oxygen atoms in total. The number of rotatable bonds is 3. The lowest BCUT2D eigenvalue weighted by molar-refractivity contribution is 0.0329. The molecule has 2 fully saturated rings. The molecular formula is C16H32N2. The summed E-state index contributed by atoms with van der Waals surface area (Å²) in [5, 5.41) is 0. The molecule has 2 aliphatic rings. The topological polar surface area (TPSA) is 29.3 Å². The first-order chi connectivity index (χ1) is 8.47. The van der Waals surface area contributed by atoms with E-state index < -0.39 is 0 Å². The van der Waals surface area contributed by atoms with Gasteiger partial charge in [-0.3, -0.25) is 4.90 Å². The van der Waals surface area contributed by atoms with Crippen LogP contribution in [0.15, 0.2) is 0 Å². The summed E-state index contributed by atoms with van der Waals surface area (Å²) in [4.78, 5) is 2.75. The molecule has 0 spiro atoms. The van der Waals surface area contributed by atoms with Crippen molar-refractivity contribution in [3.63, 3.8) is 0 Å². The Morgan fingerprint density at radius 2 is 1.83 bits per heavy atom. The highest BCUT2D eigenvalue weighted by atomic mass is 15.2. The van der Waals surface area contributed by atoms with Gasteiger partial charge in [-0.1, -0.05) is 27.7 Å². The van der Waals surface area contributed by atoms with Crippen LogP contribution in [0.2, 0.25) is 0 Å². The van der Waals surface area contributed by atoms with Gasteiger partial charge in [0, 0.05) is 18.6 Å². The third kappa shape index (κ3) is 2.75. The van der Waals surface area contributed by atoms with Crippen molar-refractivity contribution in [2.75, 3.05) is 19.6 Å². The number of hydrogen-bond acceptors (Lipinski definition) is 2. The predicted octanol–water partition coefficient (Wildman–Crippen LogP) is 3.12. The molecule has 2 N–H and O–H groups in total. The van der Waals surface area contributed by atoms with E-state index in [1.165, 1.54) is 38.8 Å². The summed E-state index contributed by atoms with van der Waals surface area (Å²) in [6, 6.07) is 0. The second-order valence-corrected chi connectivity index (χ2v) is 7.52. The Morgan fingerprint density at radius 1 is 1.22 bits per heavy atom. The summed E-state index contributed by atoms with van der Waals surface area (Å²) < 4.78 is 0. The van der Waals surface area contributed by atoms with Crippen molar-refractivity contribution in [3.05, 3.63) is 0 Å². The minimum Gasteiger partial charge on any atom is -0.329 e. The van der Waals surface area contributed by atoms with Gasteiger partial charge in [0.05, 0.1) is 0 Å². The second-order valence-electron chi connectivity index (χ2n) is 7.52. The first-order valence-corrected chi connectivity index (χ1v) is 7.92. The van der Waals surface area contributed by atoms with E-state index in [1.54, 1.807) is 0 Å². The first kappa shape index (κ1) is 14.3. The molecule has 1 saturated carbocycles. The maximum absolute atomic E-state index is 6.22. The van der Waals surface area contributed by atoms with Gasteiger partial charge in [0.25, 0.3) is 0 Å². The predicted molar refractivity (Wildman–Crippen MR) is 78.5 cm³/mol. The number of nitrogens with two attached hydrogens (primary N) is 1. The molecule has 2 heteroatoms. The van der Waals surface area contributed by atoms with Crippen molar-refractivity contribution in [3.8, 4) is 0 Å². The van der Waals surface area contributed by atoms with Crippen LogP contribution in [0.3, 0.4) is 0 Å². The Bertz CT molecular complexity index is 264. The van der Waals surface area contributed by atoms with Gasteiger partial charge in [-0.15, -0.1) is 0 Å². The van der Waals surface area contributed by atoms with Gasteiger partial charge < -0.3 is 5.73 Å². The minimum atomic E-state index is 0.320. The molecule has 0 aromatic rings. The van der Waals surface area contributed by atoms with Crippen LogP contribution in [-0.2, 0) is 0 Å². The van der Waals surface area contributed by atoms with Crippen LogP contribution >= 0.6 is 0 Å². The van der Waals surface area contributed by atoms with Crippen LogP contribution in [0.1, 0.15) is 53.4 Å². The van der Waals surface area contributed by atoms with E-state index in [0.29, 0.717) is 5.54 Å². The fourth-order valence-electron chi connectivity index (χ4n) is 4.55. The fourth-order valence-corrected chi connectivity index (χ4v) is 4.55. The van der Waals surface area contributed by atoms with E-state index in [4.69, 9.17) is 5.73 Å². The van der Waals surface area contributed by atoms with Crippen LogP contribution < -0.4 is 5.73 Å². The summed E-state index contributed by atoms with van der Waals surface area (Å²) in [5.74, 6) is 3.40. The zero-order chi connectivity index (χ0) is 13.3. The van der Waals surface area contributed by atoms with Crippen LogP contribution in [0.5, 0.6) is 0 Å². The van der Waals surface area contributed by atoms with Crippen LogP contribution in [-0.4, -0.2) is 30.1 Å². The van der Waals surface area contributed by atoms with Gasteiger partial charge in [0.1, 0.15) is 0 Å². The zero-order valence-corrected chi connectivity index (χ0v) is 12.8. The molecule has 1 saturated heterocycles. The van der Waals surface area contributed by atoms with E-state index in [1.807, 2.05) is 0 Å². The van der Waals surface area contributed by atoms with Crippen molar-refractivity contribution in [2.45, 2.75) is 58.9 Å². The Morgan fingerprint density at radius 3 is 2.28 bits per heavy atom. The maximum Gasteiger partial charge on any atom is 0.0336 e. The molecule has 18 heavy (non-hydrogen) atoms. The third-order valence-electron chi connectivity index (χ3n) is 5.48. The highest BCUT2D eigenvalue weighted by Gasteiger charge is 2.44. The minimum absolute atomic E-state index is 0.320. The Labute approximate surface area is 113 Å². The molecule has 3 unspecified atom stereocenters. The Balaban J connectivity index is 2.08. The first-order valence-electron chi connectivity index (χ1n) is 7.92. The summed E-state index contributed by atoms with van der Waals surface area (Å²) in [7, 11) is 0. The van der Waals surface area contributed by atoms with E-state index in [9.17, 15) is 0 Å². The second kappa shape index (κ2) is 5.50. The lowest BCUT2D eigenvalue weighted by Gasteiger charge is -2.48. The van der Waals surface area contributed by atoms with Crippen molar-refractivity contribution >= 4 is 0 Å². The third-order valence-corrected chi connectivity index (χ3v) is 5.48. The molecule has 1 heterocycles. The average molecular weight is 252 g/mol. The van der Waals surface area contributed by atoms with Crippen molar-refractivity contribution in [1.82, 2.24) is 4.90 Å². The van der Waals surface area contributed by atoms with Gasteiger partial charge in [0.2, 0.25) is 0 Å². The van der Waals surface area contributed by atoms with Crippen molar-refractivity contribution < 1.29 is 0 Å². The van der Waals surface area contributed by atoms with Crippen molar-refractivity contribution in [2.24, 2.45) is 29.4 Å². The number of nitrogens with zero attached hydrogens (tertiary/aromatic N) is 1. The fraction of sp³-hybridized carbons (Fsp3) is 1.00. The van der Waals surface area contributed by atoms with E-state index in [2.05, 4.69) is 32.6 Å². The SMILES string of the molecule is CC1CC(C)CC(CN)(N2CCC(C(C)C)C2)C1. The molecule has 1 aliphatic heterocycles. The summed E-state index contributed by atoms with van der Waals surface area (Å²) in [6.07, 6.45) is 5.41. The van der Waals surface area contributed by atoms with Crippen LogP contribution in [0.25, 0.3) is 0 Å². The van der Waals surface area contributed by atoms with E-state index >= 15 is 0 Å². The maximum atomic E-state index is 6.22. The molecule has 1 aliphatic carbocycles. The number of likely N-dealkylation sites (tertiary alicyclic amines) is 1. The van der Waals surface area contributed by atoms with Gasteiger partial charge in [-0.05, 0) is 55.9 Å². The highest BCUT2D eigenvalue weighted by Crippen LogP contribution is 2.42. The Hall–Kier alpha value is -0.0800. The molecule has 0 aromatic carbocycles. The lowest BCUT2D eigenvalue weighted by Crippen LogP contribution is -2.56. The van der Waals surface area contributed by atoms with Gasteiger partial charge in [-0.25, -0.2) is 0 Å². The van der Waals surface area contributed by atoms with Gasteiger partial charge in [-0.2, -0.15) is 0 Å². The summed E-state index contributed by atoms with van der Waals surface area (Å²) in [6.45, 7) is 13.0. The molecular weight excluding hydrogens is 220 g/mol. The molecule has 106 valence electrons. The average Bonchev–Trinajstić information content (AvgIpc) is 2.77. The lowest BCUT2D eigenvalue weighted by atomic mass is 9.70. The van der Waals surface area contributed by atoms with Gasteiger partial charge in [0.15, 0.2) is 0 Å². The smallest absolute Gasteiger partial charge is 0.0336 e. The van der Waals surface area contributed by atoms with Gasteiger partial charge >= 0.3 is 0 Å². The molecule has 0 amide bonds. The van der Waals surface area contributed by atoms with E-state index in [0.717, 1.165) is 30.2 Å². The van der Waals surface area contributed by atoms with Crippen LogP contribution in [0, 0.1) is 23.7 Å². The Kier molecular flexibility index (Phi) is 4.38. The molecule has 0 radical (unpaired) electrons. The monoisotopic (exact) mass is 252 g/mol. The molecule has 0 bridgehead atoms. The summed E-state index contributed by atoms with van der Waals surface area (Å²) in [5.41, 5.74) is 6.54. The molecule has 0 aromatic heterocycles. The number of hydrogen-bond donors (Lipinski definition) is 1.